The van der Waals surface area contributed by atoms with E-state index in [1.54, 1.807) is 30.5 Å². The normalized spacial score (nSPS) is 16.2. The van der Waals surface area contributed by atoms with Gasteiger partial charge in [0.05, 0.1) is 12.0 Å². The molecular weight excluding hydrogens is 306 g/mol. The number of aryl methyl sites for hydroxylation is 1. The summed E-state index contributed by atoms with van der Waals surface area (Å²) in [5, 5.41) is 20.3. The number of carbonyl (C=O) groups is 2. The van der Waals surface area contributed by atoms with Crippen LogP contribution in [0.25, 0.3) is 6.08 Å². The number of rotatable bonds is 4. The molecule has 0 fully saturated rings. The number of hydrogen-bond acceptors (Lipinski definition) is 5. The molecule has 0 unspecified atom stereocenters. The van der Waals surface area contributed by atoms with Gasteiger partial charge in [0.15, 0.2) is 11.5 Å². The fourth-order valence-electron chi connectivity index (χ4n) is 1.97. The van der Waals surface area contributed by atoms with Gasteiger partial charge >= 0.3 is 5.97 Å². The Morgan fingerprint density at radius 2 is 2.18 bits per heavy atom. The zero-order valence-corrected chi connectivity index (χ0v) is 12.9. The molecule has 2 N–H and O–H groups in total. The molecule has 1 aromatic carbocycles. The summed E-state index contributed by atoms with van der Waals surface area (Å²) in [6.07, 6.45) is 3.08. The van der Waals surface area contributed by atoms with Crippen LogP contribution in [0.2, 0.25) is 0 Å². The minimum Gasteiger partial charge on any atom is -0.504 e. The van der Waals surface area contributed by atoms with Crippen molar-refractivity contribution in [2.75, 3.05) is 13.7 Å². The summed E-state index contributed by atoms with van der Waals surface area (Å²) < 4.78 is 5.08. The van der Waals surface area contributed by atoms with Crippen molar-refractivity contribution in [3.05, 3.63) is 39.8 Å². The van der Waals surface area contributed by atoms with Crippen LogP contribution in [0.5, 0.6) is 11.5 Å². The Labute approximate surface area is 131 Å². The SMILES string of the molecule is COc1cc(/C=C2\SC=CN(CC(=O)O)C2=O)cc(C)c1O. The lowest BCUT2D eigenvalue weighted by Crippen LogP contribution is -2.32. The molecule has 7 heteroatoms. The zero-order valence-electron chi connectivity index (χ0n) is 12.1. The molecule has 0 aromatic heterocycles. The third-order valence-electron chi connectivity index (χ3n) is 3.02. The number of phenols is 1. The second-order valence-corrected chi connectivity index (χ2v) is 5.57. The van der Waals surface area contributed by atoms with Crippen LogP contribution >= 0.6 is 11.8 Å². The second-order valence-electron chi connectivity index (χ2n) is 4.63. The largest absolute Gasteiger partial charge is 0.504 e. The number of carbonyl (C=O) groups excluding carboxylic acids is 1. The molecule has 22 heavy (non-hydrogen) atoms. The maximum Gasteiger partial charge on any atom is 0.323 e. The molecule has 116 valence electrons. The Hall–Kier alpha value is -2.41. The summed E-state index contributed by atoms with van der Waals surface area (Å²) in [6, 6.07) is 3.33. The molecular formula is C15H15NO5S. The van der Waals surface area contributed by atoms with Gasteiger partial charge < -0.3 is 19.8 Å². The Balaban J connectivity index is 2.33. The molecule has 1 aliphatic heterocycles. The number of benzene rings is 1. The first kappa shape index (κ1) is 16.0. The first-order chi connectivity index (χ1) is 10.4. The number of ether oxygens (including phenoxy) is 1. The van der Waals surface area contributed by atoms with E-state index in [1.807, 2.05) is 0 Å². The molecule has 1 heterocycles. The van der Waals surface area contributed by atoms with Crippen molar-refractivity contribution >= 4 is 29.7 Å². The number of methoxy groups -OCH3 is 1. The van der Waals surface area contributed by atoms with Crippen LogP contribution in [0.1, 0.15) is 11.1 Å². The van der Waals surface area contributed by atoms with Gasteiger partial charge in [-0.2, -0.15) is 0 Å². The van der Waals surface area contributed by atoms with Gasteiger partial charge in [0.2, 0.25) is 0 Å². The average Bonchev–Trinajstić information content (AvgIpc) is 2.46. The van der Waals surface area contributed by atoms with Gasteiger partial charge in [0, 0.05) is 6.20 Å². The van der Waals surface area contributed by atoms with E-state index in [4.69, 9.17) is 9.84 Å². The Bertz CT molecular complexity index is 681. The van der Waals surface area contributed by atoms with E-state index in [9.17, 15) is 14.7 Å². The molecule has 0 radical (unpaired) electrons. The lowest BCUT2D eigenvalue weighted by Gasteiger charge is -2.21. The molecule has 2 rings (SSSR count). The summed E-state index contributed by atoms with van der Waals surface area (Å²) in [6.45, 7) is 1.34. The monoisotopic (exact) mass is 321 g/mol. The molecule has 1 aliphatic rings. The molecule has 1 aromatic rings. The smallest absolute Gasteiger partial charge is 0.323 e. The van der Waals surface area contributed by atoms with Crippen molar-refractivity contribution in [3.8, 4) is 11.5 Å². The second kappa shape index (κ2) is 6.57. The van der Waals surface area contributed by atoms with Gasteiger partial charge in [-0.25, -0.2) is 0 Å². The van der Waals surface area contributed by atoms with Crippen molar-refractivity contribution in [1.82, 2.24) is 4.90 Å². The third kappa shape index (κ3) is 3.43. The lowest BCUT2D eigenvalue weighted by molar-refractivity contribution is -0.141. The third-order valence-corrected chi connectivity index (χ3v) is 3.82. The van der Waals surface area contributed by atoms with Crippen molar-refractivity contribution in [2.24, 2.45) is 0 Å². The van der Waals surface area contributed by atoms with Crippen LogP contribution in [0, 0.1) is 6.92 Å². The van der Waals surface area contributed by atoms with Gasteiger partial charge in [0.25, 0.3) is 5.91 Å². The maximum atomic E-state index is 12.2. The number of carboxylic acid groups (broad SMARTS) is 1. The van der Waals surface area contributed by atoms with E-state index in [0.29, 0.717) is 21.8 Å². The minimum atomic E-state index is -1.08. The van der Waals surface area contributed by atoms with Crippen LogP contribution in [0.3, 0.4) is 0 Å². The summed E-state index contributed by atoms with van der Waals surface area (Å²) in [4.78, 5) is 24.5. The van der Waals surface area contributed by atoms with Crippen LogP contribution < -0.4 is 4.74 Å². The fraction of sp³-hybridized carbons (Fsp3) is 0.200. The standard InChI is InChI=1S/C15H15NO5S/c1-9-5-10(6-11(21-2)14(9)19)7-12-15(20)16(3-4-22-12)8-13(17)18/h3-7,19H,8H2,1-2H3,(H,17,18)/b12-7-. The summed E-state index contributed by atoms with van der Waals surface area (Å²) >= 11 is 1.21. The highest BCUT2D eigenvalue weighted by molar-refractivity contribution is 8.06. The average molecular weight is 321 g/mol. The van der Waals surface area contributed by atoms with E-state index in [-0.39, 0.29) is 18.2 Å². The first-order valence-corrected chi connectivity index (χ1v) is 7.25. The molecule has 0 aliphatic carbocycles. The summed E-state index contributed by atoms with van der Waals surface area (Å²) in [5.74, 6) is -1.08. The van der Waals surface area contributed by atoms with Crippen molar-refractivity contribution in [1.29, 1.82) is 0 Å². The number of phenolic OH excluding ortho intramolecular Hbond substituents is 1. The number of aliphatic carboxylic acids is 1. The highest BCUT2D eigenvalue weighted by Gasteiger charge is 2.22. The number of amides is 1. The van der Waals surface area contributed by atoms with Crippen LogP contribution in [-0.2, 0) is 9.59 Å². The number of nitrogens with zero attached hydrogens (tertiary/aromatic N) is 1. The van der Waals surface area contributed by atoms with Gasteiger partial charge in [0.1, 0.15) is 6.54 Å². The Morgan fingerprint density at radius 3 is 2.82 bits per heavy atom. The topological polar surface area (TPSA) is 87.1 Å². The van der Waals surface area contributed by atoms with Crippen LogP contribution in [0.4, 0.5) is 0 Å². The van der Waals surface area contributed by atoms with Crippen molar-refractivity contribution in [2.45, 2.75) is 6.92 Å². The zero-order chi connectivity index (χ0) is 16.3. The quantitative estimate of drug-likeness (QED) is 0.827. The number of carboxylic acids is 1. The predicted molar refractivity (Wildman–Crippen MR) is 83.5 cm³/mol. The lowest BCUT2D eigenvalue weighted by atomic mass is 10.1. The van der Waals surface area contributed by atoms with Crippen molar-refractivity contribution < 1.29 is 24.5 Å². The Morgan fingerprint density at radius 1 is 1.45 bits per heavy atom. The molecule has 0 spiro atoms. The molecule has 1 amide bonds. The van der Waals surface area contributed by atoms with Gasteiger partial charge in [-0.3, -0.25) is 9.59 Å². The predicted octanol–water partition coefficient (Wildman–Crippen LogP) is 2.18. The minimum absolute atomic E-state index is 0.0553. The van der Waals surface area contributed by atoms with Gasteiger partial charge in [-0.15, -0.1) is 0 Å². The van der Waals surface area contributed by atoms with Gasteiger partial charge in [-0.1, -0.05) is 11.8 Å². The number of aromatic hydroxyl groups is 1. The van der Waals surface area contributed by atoms with E-state index < -0.39 is 5.97 Å². The highest BCUT2D eigenvalue weighted by atomic mass is 32.2. The number of hydrogen-bond donors (Lipinski definition) is 2. The maximum absolute atomic E-state index is 12.2. The molecule has 0 saturated heterocycles. The van der Waals surface area contributed by atoms with E-state index >= 15 is 0 Å². The molecule has 0 atom stereocenters. The van der Waals surface area contributed by atoms with Crippen molar-refractivity contribution in [3.63, 3.8) is 0 Å². The fourth-order valence-corrected chi connectivity index (χ4v) is 2.74. The molecule has 0 saturated carbocycles. The first-order valence-electron chi connectivity index (χ1n) is 6.37. The van der Waals surface area contributed by atoms with Crippen LogP contribution in [0.15, 0.2) is 28.6 Å². The molecule has 0 bridgehead atoms. The van der Waals surface area contributed by atoms with E-state index in [0.717, 1.165) is 4.90 Å². The van der Waals surface area contributed by atoms with E-state index in [2.05, 4.69) is 0 Å². The van der Waals surface area contributed by atoms with Crippen LogP contribution in [-0.4, -0.2) is 40.6 Å². The summed E-state index contributed by atoms with van der Waals surface area (Å²) in [5.41, 5.74) is 1.31. The Kier molecular flexibility index (Phi) is 4.77. The van der Waals surface area contributed by atoms with Gasteiger partial charge in [-0.05, 0) is 41.7 Å². The molecule has 6 nitrogen and oxygen atoms in total. The highest BCUT2D eigenvalue weighted by Crippen LogP contribution is 2.33. The summed E-state index contributed by atoms with van der Waals surface area (Å²) in [7, 11) is 1.45. The van der Waals surface area contributed by atoms with E-state index in [1.165, 1.54) is 25.1 Å². The number of thioether (sulfide) groups is 1.